The summed E-state index contributed by atoms with van der Waals surface area (Å²) in [6.07, 6.45) is 2.40. The molecule has 0 bridgehead atoms. The summed E-state index contributed by atoms with van der Waals surface area (Å²) < 4.78 is 5.68. The molecule has 106 valence electrons. The molecule has 1 N–H and O–H groups in total. The number of benzene rings is 1. The molecule has 1 atom stereocenters. The van der Waals surface area contributed by atoms with Crippen LogP contribution in [-0.4, -0.2) is 41.6 Å². The minimum absolute atomic E-state index is 0.0851. The SMILES string of the molecule is CN1CCC(Oc2cccc(Cl)c2/C=C/C(=O)O)C1=O. The topological polar surface area (TPSA) is 66.8 Å². The lowest BCUT2D eigenvalue weighted by Gasteiger charge is -2.15. The number of carbonyl (C=O) groups excluding carboxylic acids is 1. The van der Waals surface area contributed by atoms with E-state index in [-0.39, 0.29) is 5.91 Å². The zero-order valence-electron chi connectivity index (χ0n) is 10.9. The van der Waals surface area contributed by atoms with E-state index in [2.05, 4.69) is 0 Å². The van der Waals surface area contributed by atoms with Gasteiger partial charge in [0, 0.05) is 31.7 Å². The Bertz CT molecular complexity index is 570. The number of hydrogen-bond donors (Lipinski definition) is 1. The number of likely N-dealkylation sites (tertiary alicyclic amines) is 1. The molecule has 5 nitrogen and oxygen atoms in total. The number of halogens is 1. The van der Waals surface area contributed by atoms with Crippen molar-refractivity contribution in [3.05, 3.63) is 34.9 Å². The van der Waals surface area contributed by atoms with Gasteiger partial charge in [0.15, 0.2) is 6.10 Å². The summed E-state index contributed by atoms with van der Waals surface area (Å²) in [7, 11) is 1.72. The number of nitrogens with zero attached hydrogens (tertiary/aromatic N) is 1. The van der Waals surface area contributed by atoms with Gasteiger partial charge in [-0.05, 0) is 18.2 Å². The molecule has 6 heteroatoms. The highest BCUT2D eigenvalue weighted by Gasteiger charge is 2.31. The fourth-order valence-corrected chi connectivity index (χ4v) is 2.22. The molecule has 1 aromatic rings. The summed E-state index contributed by atoms with van der Waals surface area (Å²) in [6.45, 7) is 0.643. The van der Waals surface area contributed by atoms with E-state index in [1.54, 1.807) is 30.1 Å². The van der Waals surface area contributed by atoms with Gasteiger partial charge >= 0.3 is 5.97 Å². The fourth-order valence-electron chi connectivity index (χ4n) is 1.99. The second-order valence-electron chi connectivity index (χ2n) is 4.48. The highest BCUT2D eigenvalue weighted by molar-refractivity contribution is 6.32. The summed E-state index contributed by atoms with van der Waals surface area (Å²) in [6, 6.07) is 5.00. The number of likely N-dealkylation sites (N-methyl/N-ethyl adjacent to an activating group) is 1. The van der Waals surface area contributed by atoms with Gasteiger partial charge < -0.3 is 14.7 Å². The van der Waals surface area contributed by atoms with E-state index in [4.69, 9.17) is 21.4 Å². The van der Waals surface area contributed by atoms with Crippen LogP contribution in [0.5, 0.6) is 5.75 Å². The summed E-state index contributed by atoms with van der Waals surface area (Å²) in [4.78, 5) is 24.0. The van der Waals surface area contributed by atoms with Crippen LogP contribution in [-0.2, 0) is 9.59 Å². The van der Waals surface area contributed by atoms with Crippen molar-refractivity contribution in [3.8, 4) is 5.75 Å². The van der Waals surface area contributed by atoms with Crippen LogP contribution in [0.1, 0.15) is 12.0 Å². The molecule has 1 amide bonds. The zero-order chi connectivity index (χ0) is 14.7. The Balaban J connectivity index is 2.25. The zero-order valence-corrected chi connectivity index (χ0v) is 11.6. The summed E-state index contributed by atoms with van der Waals surface area (Å²) in [5.74, 6) is -0.755. The quantitative estimate of drug-likeness (QED) is 0.863. The molecular weight excluding hydrogens is 282 g/mol. The van der Waals surface area contributed by atoms with Gasteiger partial charge in [0.05, 0.1) is 5.02 Å². The molecule has 1 aliphatic heterocycles. The van der Waals surface area contributed by atoms with Crippen LogP contribution < -0.4 is 4.74 Å². The Morgan fingerprint density at radius 2 is 2.30 bits per heavy atom. The number of carbonyl (C=O) groups is 2. The lowest BCUT2D eigenvalue weighted by molar-refractivity contribution is -0.132. The van der Waals surface area contributed by atoms with E-state index in [0.717, 1.165) is 6.08 Å². The molecule has 0 saturated carbocycles. The Kier molecular flexibility index (Phi) is 4.29. The van der Waals surface area contributed by atoms with Crippen LogP contribution in [0, 0.1) is 0 Å². The Morgan fingerprint density at radius 3 is 2.90 bits per heavy atom. The third kappa shape index (κ3) is 3.11. The van der Waals surface area contributed by atoms with Crippen LogP contribution in [0.2, 0.25) is 5.02 Å². The first-order valence-electron chi connectivity index (χ1n) is 6.10. The first-order valence-corrected chi connectivity index (χ1v) is 6.48. The second-order valence-corrected chi connectivity index (χ2v) is 4.89. The molecule has 2 rings (SSSR count). The molecule has 1 aliphatic rings. The number of ether oxygens (including phenoxy) is 1. The van der Waals surface area contributed by atoms with Gasteiger partial charge in [0.25, 0.3) is 5.91 Å². The van der Waals surface area contributed by atoms with Gasteiger partial charge in [0.2, 0.25) is 0 Å². The van der Waals surface area contributed by atoms with Crippen LogP contribution in [0.25, 0.3) is 6.08 Å². The molecule has 0 aliphatic carbocycles. The molecule has 0 radical (unpaired) electrons. The van der Waals surface area contributed by atoms with Crippen LogP contribution in [0.3, 0.4) is 0 Å². The van der Waals surface area contributed by atoms with E-state index in [1.165, 1.54) is 6.08 Å². The average Bonchev–Trinajstić information content (AvgIpc) is 2.70. The molecule has 0 aromatic heterocycles. The molecule has 20 heavy (non-hydrogen) atoms. The molecule has 0 spiro atoms. The standard InChI is InChI=1S/C14H14ClNO4/c1-16-8-7-12(14(16)19)20-11-4-2-3-10(15)9(11)5-6-13(17)18/h2-6,12H,7-8H2,1H3,(H,17,18)/b6-5+. The number of rotatable bonds is 4. The van der Waals surface area contributed by atoms with Crippen molar-refractivity contribution >= 4 is 29.6 Å². The third-order valence-corrected chi connectivity index (χ3v) is 3.38. The van der Waals surface area contributed by atoms with Gasteiger partial charge in [-0.15, -0.1) is 0 Å². The lowest BCUT2D eigenvalue weighted by Crippen LogP contribution is -2.29. The van der Waals surface area contributed by atoms with E-state index in [0.29, 0.717) is 29.3 Å². The van der Waals surface area contributed by atoms with Crippen molar-refractivity contribution in [2.24, 2.45) is 0 Å². The highest BCUT2D eigenvalue weighted by atomic mass is 35.5. The van der Waals surface area contributed by atoms with E-state index < -0.39 is 12.1 Å². The van der Waals surface area contributed by atoms with Crippen LogP contribution >= 0.6 is 11.6 Å². The van der Waals surface area contributed by atoms with Gasteiger partial charge in [-0.1, -0.05) is 17.7 Å². The minimum Gasteiger partial charge on any atom is -0.480 e. The maximum Gasteiger partial charge on any atom is 0.328 e. The molecule has 1 aromatic carbocycles. The fraction of sp³-hybridized carbons (Fsp3) is 0.286. The van der Waals surface area contributed by atoms with Crippen LogP contribution in [0.4, 0.5) is 0 Å². The van der Waals surface area contributed by atoms with Crippen molar-refractivity contribution in [2.75, 3.05) is 13.6 Å². The Hall–Kier alpha value is -2.01. The highest BCUT2D eigenvalue weighted by Crippen LogP contribution is 2.30. The monoisotopic (exact) mass is 295 g/mol. The molecule has 1 saturated heterocycles. The molecular formula is C14H14ClNO4. The molecule has 1 unspecified atom stereocenters. The smallest absolute Gasteiger partial charge is 0.328 e. The first kappa shape index (κ1) is 14.4. The predicted octanol–water partition coefficient (Wildman–Crippen LogP) is 2.05. The number of carboxylic acids is 1. The third-order valence-electron chi connectivity index (χ3n) is 3.05. The van der Waals surface area contributed by atoms with Crippen molar-refractivity contribution < 1.29 is 19.4 Å². The lowest BCUT2D eigenvalue weighted by atomic mass is 10.1. The number of carboxylic acid groups (broad SMARTS) is 1. The summed E-state index contributed by atoms with van der Waals surface area (Å²) in [5.41, 5.74) is 0.457. The van der Waals surface area contributed by atoms with E-state index in [9.17, 15) is 9.59 Å². The van der Waals surface area contributed by atoms with Gasteiger partial charge in [-0.25, -0.2) is 4.79 Å². The van der Waals surface area contributed by atoms with E-state index in [1.807, 2.05) is 0 Å². The van der Waals surface area contributed by atoms with Gasteiger partial charge in [0.1, 0.15) is 5.75 Å². The minimum atomic E-state index is -1.08. The summed E-state index contributed by atoms with van der Waals surface area (Å²) >= 11 is 6.04. The second kappa shape index (κ2) is 5.96. The predicted molar refractivity (Wildman–Crippen MR) is 74.8 cm³/mol. The van der Waals surface area contributed by atoms with Gasteiger partial charge in [-0.2, -0.15) is 0 Å². The first-order chi connectivity index (χ1) is 9.49. The van der Waals surface area contributed by atoms with Crippen molar-refractivity contribution in [1.82, 2.24) is 4.90 Å². The Morgan fingerprint density at radius 1 is 1.55 bits per heavy atom. The molecule has 1 heterocycles. The van der Waals surface area contributed by atoms with Crippen molar-refractivity contribution in [1.29, 1.82) is 0 Å². The van der Waals surface area contributed by atoms with Crippen LogP contribution in [0.15, 0.2) is 24.3 Å². The van der Waals surface area contributed by atoms with Gasteiger partial charge in [-0.3, -0.25) is 4.79 Å². The summed E-state index contributed by atoms with van der Waals surface area (Å²) in [5, 5.41) is 9.06. The Labute approximate surface area is 121 Å². The van der Waals surface area contributed by atoms with Crippen molar-refractivity contribution in [2.45, 2.75) is 12.5 Å². The number of amides is 1. The normalized spacial score (nSPS) is 18.8. The number of aliphatic carboxylic acids is 1. The largest absolute Gasteiger partial charge is 0.480 e. The number of hydrogen-bond acceptors (Lipinski definition) is 3. The maximum absolute atomic E-state index is 11.8. The maximum atomic E-state index is 11.8. The van der Waals surface area contributed by atoms with E-state index >= 15 is 0 Å². The molecule has 1 fully saturated rings. The van der Waals surface area contributed by atoms with Crippen molar-refractivity contribution in [3.63, 3.8) is 0 Å². The average molecular weight is 296 g/mol.